The molecule has 5 aliphatic rings. The van der Waals surface area contributed by atoms with Gasteiger partial charge in [0, 0.05) is 42.6 Å². The van der Waals surface area contributed by atoms with E-state index in [0.717, 1.165) is 55.2 Å². The first-order valence-electron chi connectivity index (χ1n) is 18.6. The first-order chi connectivity index (χ1) is 24.4. The maximum absolute atomic E-state index is 14.3. The van der Waals surface area contributed by atoms with Crippen LogP contribution in [0, 0.1) is 17.8 Å². The Hall–Kier alpha value is -3.71. The summed E-state index contributed by atoms with van der Waals surface area (Å²) in [6.07, 6.45) is 10.5. The third-order valence-electron chi connectivity index (χ3n) is 11.8. The highest BCUT2D eigenvalue weighted by Crippen LogP contribution is 2.47. The van der Waals surface area contributed by atoms with E-state index in [1.54, 1.807) is 11.8 Å². The number of aromatic nitrogens is 1. The number of ether oxygens (including phenoxy) is 2. The molecule has 1 aromatic carbocycles. The summed E-state index contributed by atoms with van der Waals surface area (Å²) in [5.74, 6) is -0.684. The number of anilines is 1. The van der Waals surface area contributed by atoms with E-state index in [-0.39, 0.29) is 37.1 Å². The number of amides is 3. The van der Waals surface area contributed by atoms with Crippen LogP contribution in [0.25, 0.3) is 10.8 Å². The molecule has 1 aromatic heterocycles. The topological polar surface area (TPSA) is 147 Å². The summed E-state index contributed by atoms with van der Waals surface area (Å²) in [4.78, 5) is 50.8. The van der Waals surface area contributed by atoms with Crippen molar-refractivity contribution in [3.63, 3.8) is 0 Å². The maximum atomic E-state index is 14.3. The molecule has 2 N–H and O–H groups in total. The molecule has 13 heteroatoms. The molecule has 2 aliphatic carbocycles. The van der Waals surface area contributed by atoms with Gasteiger partial charge in [0.1, 0.15) is 17.7 Å². The van der Waals surface area contributed by atoms with Crippen molar-refractivity contribution >= 4 is 44.2 Å². The number of carbonyl (C=O) groups is 3. The van der Waals surface area contributed by atoms with E-state index in [1.165, 1.54) is 0 Å². The molecule has 4 fully saturated rings. The molecule has 3 amide bonds. The zero-order valence-electron chi connectivity index (χ0n) is 29.9. The number of nitrogens with one attached hydrogen (secondary N) is 2. The van der Waals surface area contributed by atoms with Crippen LogP contribution in [-0.4, -0.2) is 91.3 Å². The van der Waals surface area contributed by atoms with Crippen molar-refractivity contribution in [2.75, 3.05) is 37.7 Å². The van der Waals surface area contributed by atoms with Crippen molar-refractivity contribution in [2.24, 2.45) is 17.8 Å². The lowest BCUT2D eigenvalue weighted by molar-refractivity contribution is -0.140. The number of hydrogen-bond donors (Lipinski definition) is 2. The van der Waals surface area contributed by atoms with Gasteiger partial charge in [-0.25, -0.2) is 13.4 Å². The minimum absolute atomic E-state index is 0.121. The predicted octanol–water partition coefficient (Wildman–Crippen LogP) is 4.09. The van der Waals surface area contributed by atoms with Crippen LogP contribution >= 0.6 is 0 Å². The highest BCUT2D eigenvalue weighted by Gasteiger charge is 2.63. The van der Waals surface area contributed by atoms with Gasteiger partial charge in [0.25, 0.3) is 5.91 Å². The summed E-state index contributed by atoms with van der Waals surface area (Å²) in [5, 5.41) is 4.81. The van der Waals surface area contributed by atoms with E-state index in [1.807, 2.05) is 42.6 Å². The van der Waals surface area contributed by atoms with Gasteiger partial charge in [0.2, 0.25) is 27.7 Å². The lowest BCUT2D eigenvalue weighted by Gasteiger charge is -2.30. The average molecular weight is 722 g/mol. The van der Waals surface area contributed by atoms with Crippen molar-refractivity contribution in [3.8, 4) is 5.88 Å². The number of allylic oxidation sites excluding steroid dienone is 1. The van der Waals surface area contributed by atoms with Crippen LogP contribution in [0.3, 0.4) is 0 Å². The van der Waals surface area contributed by atoms with Gasteiger partial charge in [0.05, 0.1) is 36.4 Å². The van der Waals surface area contributed by atoms with Gasteiger partial charge >= 0.3 is 0 Å². The lowest BCUT2D eigenvalue weighted by Crippen LogP contribution is -2.57. The van der Waals surface area contributed by atoms with E-state index in [9.17, 15) is 22.8 Å². The molecule has 2 aromatic rings. The van der Waals surface area contributed by atoms with Crippen molar-refractivity contribution in [2.45, 2.75) is 101 Å². The van der Waals surface area contributed by atoms with E-state index < -0.39 is 44.3 Å². The van der Waals surface area contributed by atoms with Gasteiger partial charge in [-0.2, -0.15) is 0 Å². The fourth-order valence-electron chi connectivity index (χ4n) is 8.02. The Morgan fingerprint density at radius 1 is 1.14 bits per heavy atom. The normalized spacial score (nSPS) is 31.8. The molecule has 51 heavy (non-hydrogen) atoms. The molecule has 3 aliphatic heterocycles. The number of nitrogens with zero attached hydrogens (tertiary/aromatic N) is 3. The third-order valence-corrected chi connectivity index (χ3v) is 14.0. The van der Waals surface area contributed by atoms with Crippen LogP contribution in [-0.2, 0) is 29.1 Å². The molecule has 0 spiro atoms. The number of fused-ring (bicyclic) bond motifs is 3. The molecule has 276 valence electrons. The number of carbonyl (C=O) groups excluding carboxylic acids is 3. The number of benzene rings is 1. The minimum Gasteiger partial charge on any atom is -0.472 e. The highest BCUT2D eigenvalue weighted by molar-refractivity contribution is 7.91. The molecule has 2 saturated heterocycles. The fourth-order valence-corrected chi connectivity index (χ4v) is 9.33. The van der Waals surface area contributed by atoms with Gasteiger partial charge in [-0.3, -0.25) is 19.1 Å². The van der Waals surface area contributed by atoms with Gasteiger partial charge in [-0.1, -0.05) is 50.6 Å². The quantitative estimate of drug-likeness (QED) is 0.404. The van der Waals surface area contributed by atoms with Crippen LogP contribution in [0.1, 0.15) is 78.6 Å². The van der Waals surface area contributed by atoms with Crippen molar-refractivity contribution in [1.82, 2.24) is 19.9 Å². The highest BCUT2D eigenvalue weighted by atomic mass is 32.2. The first-order valence-corrected chi connectivity index (χ1v) is 20.1. The molecule has 6 atom stereocenters. The van der Waals surface area contributed by atoms with Crippen LogP contribution in [0.2, 0.25) is 0 Å². The second kappa shape index (κ2) is 14.0. The van der Waals surface area contributed by atoms with Crippen LogP contribution < -0.4 is 19.7 Å². The number of hydrogen-bond acceptors (Lipinski definition) is 9. The summed E-state index contributed by atoms with van der Waals surface area (Å²) in [6.45, 7) is 8.95. The van der Waals surface area contributed by atoms with Gasteiger partial charge in [-0.15, -0.1) is 0 Å². The van der Waals surface area contributed by atoms with Crippen molar-refractivity contribution < 1.29 is 32.3 Å². The molecular weight excluding hydrogens is 671 g/mol. The van der Waals surface area contributed by atoms with Gasteiger partial charge < -0.3 is 24.6 Å². The van der Waals surface area contributed by atoms with E-state index in [4.69, 9.17) is 14.5 Å². The lowest BCUT2D eigenvalue weighted by atomic mass is 9.88. The molecule has 2 saturated carbocycles. The smallest absolute Gasteiger partial charge is 0.259 e. The fraction of sp³-hybridized carbons (Fsp3) is 0.632. The molecule has 0 bridgehead atoms. The number of rotatable bonds is 7. The number of pyridine rings is 1. The average Bonchev–Trinajstić information content (AvgIpc) is 4.00. The second-order valence-electron chi connectivity index (χ2n) is 15.6. The molecule has 7 rings (SSSR count). The second-order valence-corrected chi connectivity index (χ2v) is 17.8. The van der Waals surface area contributed by atoms with Crippen LogP contribution in [0.15, 0.2) is 42.6 Å². The Morgan fingerprint density at radius 2 is 1.88 bits per heavy atom. The molecular formula is C38H51N5O7S. The predicted molar refractivity (Wildman–Crippen MR) is 194 cm³/mol. The van der Waals surface area contributed by atoms with Crippen LogP contribution in [0.4, 0.5) is 5.69 Å². The summed E-state index contributed by atoms with van der Waals surface area (Å²) >= 11 is 0. The van der Waals surface area contributed by atoms with Gasteiger partial charge in [-0.05, 0) is 63.4 Å². The van der Waals surface area contributed by atoms with E-state index >= 15 is 0 Å². The van der Waals surface area contributed by atoms with Crippen LogP contribution in [0.5, 0.6) is 5.88 Å². The summed E-state index contributed by atoms with van der Waals surface area (Å²) in [5.41, 5.74) is -0.409. The minimum atomic E-state index is -3.92. The zero-order valence-corrected chi connectivity index (χ0v) is 30.8. The zero-order chi connectivity index (χ0) is 36.0. The molecule has 4 heterocycles. The third kappa shape index (κ3) is 7.20. The molecule has 12 nitrogen and oxygen atoms in total. The Morgan fingerprint density at radius 3 is 2.61 bits per heavy atom. The monoisotopic (exact) mass is 721 g/mol. The summed E-state index contributed by atoms with van der Waals surface area (Å²) < 4.78 is 39.7. The Kier molecular flexibility index (Phi) is 9.81. The SMILES string of the molecule is CC[C@H]1CC(=O)N2C[C@H](Oc3ncc(N4CCOCC4)c4ccccc34)C[C@H]2C(=O)N[C@]2(C(=O)NS(=O)(=O)C3(C)CC3)C[C@H]2/C=C\CC[C@@H](C)C1. The molecule has 0 radical (unpaired) electrons. The number of sulfonamides is 1. The van der Waals surface area contributed by atoms with Crippen molar-refractivity contribution in [3.05, 3.63) is 42.6 Å². The van der Waals surface area contributed by atoms with E-state index in [2.05, 4.69) is 28.8 Å². The Labute approximate surface area is 300 Å². The summed E-state index contributed by atoms with van der Waals surface area (Å²) in [7, 11) is -3.92. The van der Waals surface area contributed by atoms with E-state index in [0.29, 0.717) is 44.3 Å². The Balaban J connectivity index is 1.17. The largest absolute Gasteiger partial charge is 0.472 e. The molecule has 0 unspecified atom stereocenters. The summed E-state index contributed by atoms with van der Waals surface area (Å²) in [6, 6.07) is 7.05. The first kappa shape index (κ1) is 35.7. The van der Waals surface area contributed by atoms with Gasteiger partial charge in [0.15, 0.2) is 0 Å². The van der Waals surface area contributed by atoms with Crippen molar-refractivity contribution in [1.29, 1.82) is 0 Å². The standard InChI is InChI=1S/C38H51N5O7S/c1-4-26-19-25(2)9-5-6-10-27-22-38(27,36(46)41-51(47,48)37(3)13-14-37)40-34(45)31-21-28(24-43(31)33(44)20-26)50-35-30-12-8-7-11-29(30)32(23-39-35)42-15-17-49-18-16-42/h6-8,10-12,23,25-28,31H,4-5,9,13-22,24H2,1-3H3,(H,40,45)(H,41,46)/b10-6-/t25-,26-,27-,28-,31+,38-/m1/s1. The maximum Gasteiger partial charge on any atom is 0.259 e. The number of morpholine rings is 1. The Bertz CT molecular complexity index is 1810.